The second kappa shape index (κ2) is 19.2. The van der Waals surface area contributed by atoms with Crippen LogP contribution >= 0.6 is 0 Å². The lowest BCUT2D eigenvalue weighted by atomic mass is 9.78. The van der Waals surface area contributed by atoms with Crippen LogP contribution in [0.3, 0.4) is 0 Å². The first kappa shape index (κ1) is 46.0. The summed E-state index contributed by atoms with van der Waals surface area (Å²) in [5, 5.41) is 18.6. The molecule has 0 aliphatic carbocycles. The Bertz CT molecular complexity index is 995. The smallest absolute Gasteiger partial charge is 0.0683 e. The van der Waals surface area contributed by atoms with Crippen molar-refractivity contribution >= 4 is 0 Å². The Morgan fingerprint density at radius 2 is 0.788 bits per heavy atom. The normalized spacial score (nSPS) is 25.6. The minimum Gasteiger partial charge on any atom is -0.314 e. The zero-order valence-corrected chi connectivity index (χ0v) is 37.0. The maximum absolute atomic E-state index is 6.41. The Balaban J connectivity index is 1.60. The molecule has 3 rings (SSSR count). The summed E-state index contributed by atoms with van der Waals surface area (Å²) in [4.78, 5) is 21.8. The van der Waals surface area contributed by atoms with Gasteiger partial charge in [0, 0.05) is 90.6 Å². The van der Waals surface area contributed by atoms with Crippen LogP contribution in [-0.4, -0.2) is 131 Å². The van der Waals surface area contributed by atoms with Crippen LogP contribution in [0.15, 0.2) is 0 Å². The number of nitrogens with zero attached hydrogens (tertiary/aromatic N) is 4. The zero-order valence-electron chi connectivity index (χ0n) is 37.0. The molecule has 0 aromatic rings. The first-order valence-corrected chi connectivity index (χ1v) is 21.3. The van der Waals surface area contributed by atoms with Crippen LogP contribution in [-0.2, 0) is 14.5 Å². The summed E-state index contributed by atoms with van der Waals surface area (Å²) < 4.78 is 0. The molecule has 0 bridgehead atoms. The van der Waals surface area contributed by atoms with Crippen LogP contribution in [0.25, 0.3) is 0 Å². The number of rotatable bonds is 21. The van der Waals surface area contributed by atoms with Gasteiger partial charge in [0.05, 0.1) is 19.8 Å². The minimum absolute atomic E-state index is 0.000601. The van der Waals surface area contributed by atoms with Gasteiger partial charge in [0.25, 0.3) is 0 Å². The molecular formula is C42H87N7O3. The van der Waals surface area contributed by atoms with Crippen LogP contribution in [0.5, 0.6) is 0 Å². The van der Waals surface area contributed by atoms with Crippen LogP contribution in [0.2, 0.25) is 0 Å². The van der Waals surface area contributed by atoms with Gasteiger partial charge in [0.1, 0.15) is 0 Å². The fourth-order valence-electron chi connectivity index (χ4n) is 10.5. The molecule has 0 atom stereocenters. The summed E-state index contributed by atoms with van der Waals surface area (Å²) in [6.07, 6.45) is 9.65. The van der Waals surface area contributed by atoms with Crippen molar-refractivity contribution < 1.29 is 14.5 Å². The number of nitrogens with one attached hydrogen (secondary N) is 3. The van der Waals surface area contributed by atoms with Gasteiger partial charge in [0.2, 0.25) is 0 Å². The van der Waals surface area contributed by atoms with Crippen molar-refractivity contribution in [3.05, 3.63) is 0 Å². The maximum Gasteiger partial charge on any atom is 0.0683 e. The monoisotopic (exact) mass is 738 g/mol. The predicted octanol–water partition coefficient (Wildman–Crippen LogP) is 7.15. The first-order chi connectivity index (χ1) is 24.1. The predicted molar refractivity (Wildman–Crippen MR) is 218 cm³/mol. The third kappa shape index (κ3) is 12.6. The topological polar surface area (TPSA) is 76.7 Å². The van der Waals surface area contributed by atoms with Gasteiger partial charge in [0.15, 0.2) is 0 Å². The van der Waals surface area contributed by atoms with Gasteiger partial charge in [-0.25, -0.2) is 0 Å². The molecule has 0 radical (unpaired) electrons. The van der Waals surface area contributed by atoms with E-state index in [1.807, 2.05) is 0 Å². The number of hydroxylamine groups is 6. The molecule has 0 aromatic carbocycles. The van der Waals surface area contributed by atoms with Gasteiger partial charge in [-0.2, -0.15) is 15.2 Å². The summed E-state index contributed by atoms with van der Waals surface area (Å²) in [6.45, 7) is 43.1. The van der Waals surface area contributed by atoms with E-state index in [0.29, 0.717) is 18.1 Å². The molecule has 10 heteroatoms. The molecule has 308 valence electrons. The molecule has 3 saturated heterocycles. The van der Waals surface area contributed by atoms with Gasteiger partial charge < -0.3 is 16.0 Å². The van der Waals surface area contributed by atoms with E-state index in [0.717, 1.165) is 117 Å². The Morgan fingerprint density at radius 3 is 1.15 bits per heavy atom. The highest BCUT2D eigenvalue weighted by atomic mass is 16.7. The van der Waals surface area contributed by atoms with Crippen molar-refractivity contribution in [3.63, 3.8) is 0 Å². The molecule has 0 saturated carbocycles. The van der Waals surface area contributed by atoms with Gasteiger partial charge >= 0.3 is 0 Å². The Labute approximate surface area is 322 Å². The molecule has 0 unspecified atom stereocenters. The van der Waals surface area contributed by atoms with E-state index in [-0.39, 0.29) is 33.2 Å². The fourth-order valence-corrected chi connectivity index (χ4v) is 10.5. The van der Waals surface area contributed by atoms with Crippen molar-refractivity contribution in [3.8, 4) is 0 Å². The minimum atomic E-state index is -0.0390. The molecule has 3 N–H and O–H groups in total. The third-order valence-electron chi connectivity index (χ3n) is 11.7. The second-order valence-electron chi connectivity index (χ2n) is 20.2. The van der Waals surface area contributed by atoms with Gasteiger partial charge in [-0.05, 0) is 141 Å². The number of hydrogen-bond acceptors (Lipinski definition) is 10. The molecule has 3 fully saturated rings. The molecular weight excluding hydrogens is 651 g/mol. The van der Waals surface area contributed by atoms with E-state index in [9.17, 15) is 0 Å². The lowest BCUT2D eigenvalue weighted by molar-refractivity contribution is -0.288. The Kier molecular flexibility index (Phi) is 16.9. The van der Waals surface area contributed by atoms with Crippen LogP contribution in [0, 0.1) is 0 Å². The molecule has 10 nitrogen and oxygen atoms in total. The molecule has 0 amide bonds. The third-order valence-corrected chi connectivity index (χ3v) is 11.7. The number of hydrogen-bond donors (Lipinski definition) is 3. The zero-order chi connectivity index (χ0) is 39.0. The largest absolute Gasteiger partial charge is 0.314 e. The van der Waals surface area contributed by atoms with Gasteiger partial charge in [-0.15, -0.1) is 0 Å². The average molecular weight is 738 g/mol. The van der Waals surface area contributed by atoms with E-state index >= 15 is 0 Å². The van der Waals surface area contributed by atoms with E-state index < -0.39 is 0 Å². The summed E-state index contributed by atoms with van der Waals surface area (Å²) in [7, 11) is 0. The SMILES string of the molecule is CCCON1C(C)(C)CC(NCCNCCN(CCNC2CC(C)(C)N(OCCC)C(C)(C)C2)C2CC(C)(C)N(OCCC)C(C)(C)C2)CC1(C)C. The van der Waals surface area contributed by atoms with E-state index in [1.165, 1.54) is 0 Å². The Morgan fingerprint density at radius 1 is 0.462 bits per heavy atom. The van der Waals surface area contributed by atoms with Gasteiger partial charge in [-0.1, -0.05) is 20.8 Å². The fraction of sp³-hybridized carbons (Fsp3) is 1.00. The van der Waals surface area contributed by atoms with Crippen LogP contribution < -0.4 is 16.0 Å². The highest BCUT2D eigenvalue weighted by Crippen LogP contribution is 2.42. The first-order valence-electron chi connectivity index (χ1n) is 21.3. The summed E-state index contributed by atoms with van der Waals surface area (Å²) >= 11 is 0. The summed E-state index contributed by atoms with van der Waals surface area (Å²) in [5.74, 6) is 0. The Hall–Kier alpha value is -0.400. The van der Waals surface area contributed by atoms with E-state index in [2.05, 4.69) is 140 Å². The molecule has 3 aliphatic heterocycles. The van der Waals surface area contributed by atoms with E-state index in [4.69, 9.17) is 14.5 Å². The molecule has 0 aromatic heterocycles. The van der Waals surface area contributed by atoms with E-state index in [1.54, 1.807) is 0 Å². The van der Waals surface area contributed by atoms with Crippen molar-refractivity contribution in [1.29, 1.82) is 0 Å². The lowest BCUT2D eigenvalue weighted by Gasteiger charge is -2.56. The quantitative estimate of drug-likeness (QED) is 0.106. The van der Waals surface area contributed by atoms with Crippen LogP contribution in [0.1, 0.15) is 162 Å². The number of piperidine rings is 3. The van der Waals surface area contributed by atoms with Crippen molar-refractivity contribution in [2.24, 2.45) is 0 Å². The lowest BCUT2D eigenvalue weighted by Crippen LogP contribution is -2.65. The summed E-state index contributed by atoms with van der Waals surface area (Å²) in [5.41, 5.74) is -0.111. The standard InChI is InChI=1S/C42H87N7O3/c1-16-25-50-47-37(4,5)28-34(29-38(47,6)7)44-20-19-43-21-23-46(36-32-41(12,13)49(52-27-18-3)42(14,15)33-36)24-22-45-35-30-39(8,9)48(51-26-17-2)40(10,11)31-35/h34-36,43-45H,16-33H2,1-15H3. The molecule has 52 heavy (non-hydrogen) atoms. The maximum atomic E-state index is 6.41. The highest BCUT2D eigenvalue weighted by molar-refractivity contribution is 5.02. The molecule has 3 heterocycles. The summed E-state index contributed by atoms with van der Waals surface area (Å²) in [6, 6.07) is 1.45. The van der Waals surface area contributed by atoms with Crippen molar-refractivity contribution in [2.45, 2.75) is 213 Å². The van der Waals surface area contributed by atoms with Crippen molar-refractivity contribution in [1.82, 2.24) is 36.0 Å². The van der Waals surface area contributed by atoms with Crippen LogP contribution in [0.4, 0.5) is 0 Å². The second-order valence-corrected chi connectivity index (χ2v) is 20.2. The molecule has 0 spiro atoms. The average Bonchev–Trinajstić information content (AvgIpc) is 2.98. The highest BCUT2D eigenvalue weighted by Gasteiger charge is 2.49. The van der Waals surface area contributed by atoms with Gasteiger partial charge in [-0.3, -0.25) is 19.4 Å². The molecule has 3 aliphatic rings. The van der Waals surface area contributed by atoms with Crippen molar-refractivity contribution in [2.75, 3.05) is 59.1 Å².